The Bertz CT molecular complexity index is 1600. The molecule has 44 heavy (non-hydrogen) atoms. The number of methoxy groups -OCH3 is 2. The fourth-order valence-corrected chi connectivity index (χ4v) is 5.32. The zero-order valence-electron chi connectivity index (χ0n) is 25.5. The normalized spacial score (nSPS) is 16.0. The highest BCUT2D eigenvalue weighted by molar-refractivity contribution is 6.11. The molecular formula is C35H34O9. The Balaban J connectivity index is 1.23. The van der Waals surface area contributed by atoms with Gasteiger partial charge in [-0.1, -0.05) is 0 Å². The molecule has 0 bridgehead atoms. The van der Waals surface area contributed by atoms with Gasteiger partial charge in [0.1, 0.15) is 0 Å². The van der Waals surface area contributed by atoms with E-state index in [1.807, 2.05) is 76.2 Å². The Hall–Kier alpha value is -5.05. The van der Waals surface area contributed by atoms with Crippen LogP contribution >= 0.6 is 0 Å². The molecule has 0 aliphatic carbocycles. The third kappa shape index (κ3) is 5.30. The van der Waals surface area contributed by atoms with Crippen molar-refractivity contribution < 1.29 is 42.7 Å². The third-order valence-corrected chi connectivity index (χ3v) is 7.53. The molecule has 6 rings (SSSR count). The Labute approximate surface area is 256 Å². The van der Waals surface area contributed by atoms with Crippen molar-refractivity contribution in [3.8, 4) is 46.0 Å². The second kappa shape index (κ2) is 11.9. The molecule has 4 aromatic carbocycles. The van der Waals surface area contributed by atoms with Crippen molar-refractivity contribution in [1.29, 1.82) is 0 Å². The number of rotatable bonds is 10. The Morgan fingerprint density at radius 1 is 0.591 bits per heavy atom. The molecular weight excluding hydrogens is 564 g/mol. The summed E-state index contributed by atoms with van der Waals surface area (Å²) in [5, 5.41) is 0. The number of ketones is 1. The standard InChI is InChI=1S/C35H34O9/c1-7-39-27-15-21(9-11-25(27)37-5)34-41-29-13-19(3)23(17-31(29)43-34)33(36)24-18-32-30(14-20(24)4)42-35(44-32)22-10-12-26(38-6)28(16-22)40-8-2/h9-18,34-35H,7-8H2,1-6H3. The summed E-state index contributed by atoms with van der Waals surface area (Å²) in [5.74, 6) is 4.40. The molecule has 9 nitrogen and oxygen atoms in total. The maximum Gasteiger partial charge on any atom is 0.268 e. The average Bonchev–Trinajstić information content (AvgIpc) is 3.63. The summed E-state index contributed by atoms with van der Waals surface area (Å²) >= 11 is 0. The number of hydrogen-bond donors (Lipinski definition) is 0. The quantitative estimate of drug-likeness (QED) is 0.175. The molecule has 228 valence electrons. The van der Waals surface area contributed by atoms with E-state index in [4.69, 9.17) is 37.9 Å². The summed E-state index contributed by atoms with van der Waals surface area (Å²) in [5.41, 5.74) is 4.07. The molecule has 2 aliphatic rings. The second-order valence-electron chi connectivity index (χ2n) is 10.4. The van der Waals surface area contributed by atoms with Crippen LogP contribution in [0.1, 0.15) is 64.6 Å². The largest absolute Gasteiger partial charge is 0.493 e. The minimum Gasteiger partial charge on any atom is -0.493 e. The van der Waals surface area contributed by atoms with E-state index in [1.165, 1.54) is 0 Å². The van der Waals surface area contributed by atoms with Crippen LogP contribution in [-0.4, -0.2) is 33.2 Å². The zero-order valence-corrected chi connectivity index (χ0v) is 25.5. The molecule has 0 N–H and O–H groups in total. The van der Waals surface area contributed by atoms with Crippen LogP contribution in [0.5, 0.6) is 46.0 Å². The Morgan fingerprint density at radius 3 is 1.34 bits per heavy atom. The second-order valence-corrected chi connectivity index (χ2v) is 10.4. The predicted octanol–water partition coefficient (Wildman–Crippen LogP) is 7.29. The van der Waals surface area contributed by atoms with Gasteiger partial charge in [-0.3, -0.25) is 4.79 Å². The predicted molar refractivity (Wildman–Crippen MR) is 162 cm³/mol. The van der Waals surface area contributed by atoms with Gasteiger partial charge < -0.3 is 37.9 Å². The van der Waals surface area contributed by atoms with Crippen molar-refractivity contribution in [3.05, 3.63) is 94.0 Å². The first-order valence-electron chi connectivity index (χ1n) is 14.5. The van der Waals surface area contributed by atoms with Gasteiger partial charge in [-0.15, -0.1) is 0 Å². The van der Waals surface area contributed by atoms with Crippen molar-refractivity contribution in [2.24, 2.45) is 0 Å². The topological polar surface area (TPSA) is 90.9 Å². The molecule has 0 aromatic heterocycles. The summed E-state index contributed by atoms with van der Waals surface area (Å²) in [4.78, 5) is 13.9. The Morgan fingerprint density at radius 2 is 0.977 bits per heavy atom. The molecule has 0 amide bonds. The Kier molecular flexibility index (Phi) is 7.86. The highest BCUT2D eigenvalue weighted by Crippen LogP contribution is 2.46. The van der Waals surface area contributed by atoms with Crippen molar-refractivity contribution in [2.75, 3.05) is 27.4 Å². The van der Waals surface area contributed by atoms with Crippen LogP contribution in [0.2, 0.25) is 0 Å². The first kappa shape index (κ1) is 29.0. The van der Waals surface area contributed by atoms with Gasteiger partial charge in [0.25, 0.3) is 12.6 Å². The van der Waals surface area contributed by atoms with Gasteiger partial charge in [0, 0.05) is 22.3 Å². The number of ether oxygens (including phenoxy) is 8. The molecule has 0 saturated carbocycles. The lowest BCUT2D eigenvalue weighted by Gasteiger charge is -2.14. The van der Waals surface area contributed by atoms with Crippen molar-refractivity contribution in [3.63, 3.8) is 0 Å². The molecule has 9 heteroatoms. The van der Waals surface area contributed by atoms with E-state index in [-0.39, 0.29) is 5.78 Å². The SMILES string of the molecule is CCOc1cc(C2Oc3cc(C)c(C(=O)c4cc5c(cc4C)OC(c4ccc(OC)c(OCC)c4)O5)cc3O2)ccc1OC. The van der Waals surface area contributed by atoms with Gasteiger partial charge in [-0.2, -0.15) is 0 Å². The van der Waals surface area contributed by atoms with E-state index in [9.17, 15) is 4.79 Å². The van der Waals surface area contributed by atoms with Crippen LogP contribution in [0.15, 0.2) is 60.7 Å². The average molecular weight is 599 g/mol. The molecule has 0 radical (unpaired) electrons. The fourth-order valence-electron chi connectivity index (χ4n) is 5.32. The van der Waals surface area contributed by atoms with Crippen molar-refractivity contribution in [2.45, 2.75) is 40.3 Å². The van der Waals surface area contributed by atoms with Crippen LogP contribution in [0, 0.1) is 13.8 Å². The molecule has 2 unspecified atom stereocenters. The minimum absolute atomic E-state index is 0.157. The zero-order chi connectivity index (χ0) is 31.0. The van der Waals surface area contributed by atoms with Crippen LogP contribution in [0.3, 0.4) is 0 Å². The number of benzene rings is 4. The van der Waals surface area contributed by atoms with Gasteiger partial charge in [0.15, 0.2) is 51.8 Å². The third-order valence-electron chi connectivity index (χ3n) is 7.53. The summed E-state index contributed by atoms with van der Waals surface area (Å²) in [6.45, 7) is 8.56. The van der Waals surface area contributed by atoms with E-state index in [1.54, 1.807) is 26.4 Å². The molecule has 2 atom stereocenters. The summed E-state index contributed by atoms with van der Waals surface area (Å²) in [6.07, 6.45) is -1.38. The van der Waals surface area contributed by atoms with Crippen LogP contribution in [0.4, 0.5) is 0 Å². The van der Waals surface area contributed by atoms with E-state index in [0.29, 0.717) is 70.3 Å². The number of carbonyl (C=O) groups is 1. The number of carbonyl (C=O) groups excluding carboxylic acids is 1. The fraction of sp³-hybridized carbons (Fsp3) is 0.286. The monoisotopic (exact) mass is 598 g/mol. The van der Waals surface area contributed by atoms with E-state index >= 15 is 0 Å². The van der Waals surface area contributed by atoms with Gasteiger partial charge in [-0.05, 0) is 99.5 Å². The maximum atomic E-state index is 13.9. The molecule has 4 aromatic rings. The molecule has 0 saturated heterocycles. The van der Waals surface area contributed by atoms with Crippen molar-refractivity contribution >= 4 is 5.78 Å². The van der Waals surface area contributed by atoms with E-state index in [2.05, 4.69) is 0 Å². The summed E-state index contributed by atoms with van der Waals surface area (Å²) < 4.78 is 46.8. The van der Waals surface area contributed by atoms with Gasteiger partial charge in [0.2, 0.25) is 0 Å². The molecule has 2 heterocycles. The smallest absolute Gasteiger partial charge is 0.268 e. The number of aryl methyl sites for hydroxylation is 2. The number of hydrogen-bond acceptors (Lipinski definition) is 9. The number of fused-ring (bicyclic) bond motifs is 2. The summed E-state index contributed by atoms with van der Waals surface area (Å²) in [6, 6.07) is 18.2. The first-order chi connectivity index (χ1) is 21.3. The van der Waals surface area contributed by atoms with Gasteiger partial charge >= 0.3 is 0 Å². The lowest BCUT2D eigenvalue weighted by atomic mass is 9.95. The maximum absolute atomic E-state index is 13.9. The van der Waals surface area contributed by atoms with E-state index in [0.717, 1.165) is 22.3 Å². The van der Waals surface area contributed by atoms with Crippen LogP contribution < -0.4 is 37.9 Å². The minimum atomic E-state index is -0.690. The lowest BCUT2D eigenvalue weighted by Crippen LogP contribution is -2.09. The first-order valence-corrected chi connectivity index (χ1v) is 14.5. The van der Waals surface area contributed by atoms with Crippen LogP contribution in [-0.2, 0) is 0 Å². The molecule has 0 spiro atoms. The van der Waals surface area contributed by atoms with Crippen molar-refractivity contribution in [1.82, 2.24) is 0 Å². The highest BCUT2D eigenvalue weighted by Gasteiger charge is 2.32. The van der Waals surface area contributed by atoms with Gasteiger partial charge in [0.05, 0.1) is 27.4 Å². The van der Waals surface area contributed by atoms with E-state index < -0.39 is 12.6 Å². The lowest BCUT2D eigenvalue weighted by molar-refractivity contribution is 0.0481. The summed E-state index contributed by atoms with van der Waals surface area (Å²) in [7, 11) is 3.19. The van der Waals surface area contributed by atoms with Crippen LogP contribution in [0.25, 0.3) is 0 Å². The highest BCUT2D eigenvalue weighted by atomic mass is 16.7. The molecule has 2 aliphatic heterocycles. The molecule has 0 fully saturated rings. The van der Waals surface area contributed by atoms with Gasteiger partial charge in [-0.25, -0.2) is 0 Å².